The molecule has 0 heterocycles. The molecule has 3 rings (SSSR count). The molecule has 0 radical (unpaired) electrons. The average molecular weight is 759 g/mol. The van der Waals surface area contributed by atoms with Crippen LogP contribution in [0.15, 0.2) is 97.1 Å². The summed E-state index contributed by atoms with van der Waals surface area (Å²) in [5, 5.41) is 19.2. The highest BCUT2D eigenvalue weighted by Gasteiger charge is 2.15. The van der Waals surface area contributed by atoms with E-state index in [-0.39, 0.29) is 37.6 Å². The third-order valence-electron chi connectivity index (χ3n) is 8.47. The lowest BCUT2D eigenvalue weighted by Crippen LogP contribution is -2.23. The molecule has 3 aromatic rings. The Balaban J connectivity index is 1.69. The van der Waals surface area contributed by atoms with Crippen molar-refractivity contribution >= 4 is 47.4 Å². The monoisotopic (exact) mass is 758 g/mol. The molecular weight excluding hydrogens is 713 g/mol. The number of carbonyl (C=O) groups is 4. The second-order valence-corrected chi connectivity index (χ2v) is 12.3. The summed E-state index contributed by atoms with van der Waals surface area (Å²) in [4.78, 5) is 51.7. The van der Waals surface area contributed by atoms with E-state index in [0.29, 0.717) is 24.2 Å². The first-order valence-corrected chi connectivity index (χ1v) is 17.9. The second-order valence-electron chi connectivity index (χ2n) is 12.3. The van der Waals surface area contributed by atoms with Crippen molar-refractivity contribution in [2.45, 2.75) is 40.8 Å². The molecule has 0 aliphatic heterocycles. The van der Waals surface area contributed by atoms with E-state index in [1.165, 1.54) is 12.2 Å². The molecule has 0 N–H and O–H groups in total. The predicted octanol–water partition coefficient (Wildman–Crippen LogP) is 6.72. The van der Waals surface area contributed by atoms with Gasteiger partial charge in [0.25, 0.3) is 0 Å². The SMILES string of the molecule is C=CC(=O)OCCOC(=O)/C(C#N)=C/c1ccc(N(CC)Cc2cccc(CN(CC)c3ccc(/C=C(\C#N)C(=O)OCCOC(=O)C=C)c(C)c3)c2)cc1C. The van der Waals surface area contributed by atoms with E-state index in [4.69, 9.17) is 18.9 Å². The van der Waals surface area contributed by atoms with Gasteiger partial charge in [-0.2, -0.15) is 10.5 Å². The topological polar surface area (TPSA) is 159 Å². The first-order valence-electron chi connectivity index (χ1n) is 17.9. The zero-order valence-corrected chi connectivity index (χ0v) is 32.2. The van der Waals surface area contributed by atoms with Gasteiger partial charge in [0.05, 0.1) is 0 Å². The van der Waals surface area contributed by atoms with Gasteiger partial charge in [-0.3, -0.25) is 0 Å². The number of benzene rings is 3. The maximum atomic E-state index is 12.4. The molecule has 0 unspecified atom stereocenters. The summed E-state index contributed by atoms with van der Waals surface area (Å²) >= 11 is 0. The lowest BCUT2D eigenvalue weighted by molar-refractivity contribution is -0.146. The minimum absolute atomic E-state index is 0.142. The number of rotatable bonds is 20. The number of esters is 4. The van der Waals surface area contributed by atoms with Crippen molar-refractivity contribution in [3.8, 4) is 12.1 Å². The Morgan fingerprint density at radius 1 is 0.625 bits per heavy atom. The summed E-state index contributed by atoms with van der Waals surface area (Å²) in [6.45, 7) is 16.7. The van der Waals surface area contributed by atoms with Gasteiger partial charge in [-0.25, -0.2) is 19.2 Å². The Labute approximate surface area is 328 Å². The summed E-state index contributed by atoms with van der Waals surface area (Å²) in [5.74, 6) is -2.87. The molecular formula is C44H46N4O8. The summed E-state index contributed by atoms with van der Waals surface area (Å²) in [6.07, 6.45) is 4.99. The highest BCUT2D eigenvalue weighted by atomic mass is 16.6. The Morgan fingerprint density at radius 3 is 1.36 bits per heavy atom. The van der Waals surface area contributed by atoms with Crippen molar-refractivity contribution in [2.75, 3.05) is 49.3 Å². The molecule has 0 bridgehead atoms. The molecule has 0 aliphatic carbocycles. The third kappa shape index (κ3) is 13.2. The molecule has 12 nitrogen and oxygen atoms in total. The van der Waals surface area contributed by atoms with Gasteiger partial charge in [0, 0.05) is 49.7 Å². The summed E-state index contributed by atoms with van der Waals surface area (Å²) in [6, 6.07) is 23.8. The van der Waals surface area contributed by atoms with E-state index in [9.17, 15) is 29.7 Å². The molecule has 0 aromatic heterocycles. The standard InChI is InChI=1S/C44H46N4O8/c1-7-41(49)53-18-20-55-43(51)37(27-45)25-35-14-16-39(22-31(35)5)47(9-3)29-33-12-11-13-34(24-33)30-48(10-4)40-17-15-36(32(6)23-40)26-38(28-46)44(52)56-21-19-54-42(50)8-2/h7-8,11-17,22-26H,1-2,9-10,18-21,29-30H2,3-6H3/b37-25+,38-26+. The van der Waals surface area contributed by atoms with Gasteiger partial charge in [0.15, 0.2) is 0 Å². The fourth-order valence-corrected chi connectivity index (χ4v) is 5.49. The number of carbonyl (C=O) groups excluding carboxylic acids is 4. The number of anilines is 2. The number of nitrogens with zero attached hydrogens (tertiary/aromatic N) is 4. The van der Waals surface area contributed by atoms with Gasteiger partial charge >= 0.3 is 23.9 Å². The van der Waals surface area contributed by atoms with Crippen LogP contribution < -0.4 is 9.80 Å². The molecule has 0 atom stereocenters. The van der Waals surface area contributed by atoms with Crippen molar-refractivity contribution < 1.29 is 38.1 Å². The highest BCUT2D eigenvalue weighted by Crippen LogP contribution is 2.26. The fourth-order valence-electron chi connectivity index (χ4n) is 5.49. The lowest BCUT2D eigenvalue weighted by Gasteiger charge is -2.26. The maximum Gasteiger partial charge on any atom is 0.349 e. The van der Waals surface area contributed by atoms with E-state index in [2.05, 4.69) is 55.0 Å². The lowest BCUT2D eigenvalue weighted by atomic mass is 10.0. The van der Waals surface area contributed by atoms with Crippen molar-refractivity contribution in [1.82, 2.24) is 0 Å². The van der Waals surface area contributed by atoms with Crippen molar-refractivity contribution in [2.24, 2.45) is 0 Å². The van der Waals surface area contributed by atoms with Gasteiger partial charge in [-0.15, -0.1) is 0 Å². The van der Waals surface area contributed by atoms with Gasteiger partial charge in [0.1, 0.15) is 49.7 Å². The average Bonchev–Trinajstić information content (AvgIpc) is 3.20. The van der Waals surface area contributed by atoms with Crippen LogP contribution >= 0.6 is 0 Å². The van der Waals surface area contributed by atoms with Crippen LogP contribution in [0.5, 0.6) is 0 Å². The fraction of sp³-hybridized carbons (Fsp3) is 0.273. The smallest absolute Gasteiger partial charge is 0.349 e. The molecule has 0 saturated carbocycles. The quantitative estimate of drug-likeness (QED) is 0.0395. The number of ether oxygens (including phenoxy) is 4. The number of hydrogen-bond donors (Lipinski definition) is 0. The Bertz CT molecular complexity index is 1930. The molecule has 0 saturated heterocycles. The molecule has 290 valence electrons. The molecule has 0 amide bonds. The molecule has 3 aromatic carbocycles. The van der Waals surface area contributed by atoms with Crippen LogP contribution in [-0.2, 0) is 51.2 Å². The van der Waals surface area contributed by atoms with E-state index < -0.39 is 23.9 Å². The van der Waals surface area contributed by atoms with Crippen LogP contribution in [0.1, 0.15) is 47.2 Å². The van der Waals surface area contributed by atoms with Crippen LogP contribution in [0.25, 0.3) is 12.2 Å². The van der Waals surface area contributed by atoms with E-state index in [1.807, 2.05) is 68.5 Å². The predicted molar refractivity (Wildman–Crippen MR) is 214 cm³/mol. The van der Waals surface area contributed by atoms with E-state index >= 15 is 0 Å². The van der Waals surface area contributed by atoms with Crippen LogP contribution in [-0.4, -0.2) is 63.4 Å². The molecule has 0 fully saturated rings. The normalized spacial score (nSPS) is 11.0. The summed E-state index contributed by atoms with van der Waals surface area (Å²) < 4.78 is 19.7. The minimum Gasteiger partial charge on any atom is -0.459 e. The second kappa shape index (κ2) is 22.3. The first-order chi connectivity index (χ1) is 27.0. The van der Waals surface area contributed by atoms with Crippen molar-refractivity contribution in [3.63, 3.8) is 0 Å². The van der Waals surface area contributed by atoms with Crippen LogP contribution in [0.3, 0.4) is 0 Å². The largest absolute Gasteiger partial charge is 0.459 e. The third-order valence-corrected chi connectivity index (χ3v) is 8.47. The molecule has 0 aliphatic rings. The van der Waals surface area contributed by atoms with Gasteiger partial charge < -0.3 is 28.7 Å². The zero-order valence-electron chi connectivity index (χ0n) is 32.2. The van der Waals surface area contributed by atoms with Crippen LogP contribution in [0.2, 0.25) is 0 Å². The molecule has 56 heavy (non-hydrogen) atoms. The zero-order chi connectivity index (χ0) is 41.0. The van der Waals surface area contributed by atoms with Gasteiger partial charge in [0.2, 0.25) is 0 Å². The molecule has 12 heteroatoms. The number of nitriles is 2. The Morgan fingerprint density at radius 2 is 1.02 bits per heavy atom. The van der Waals surface area contributed by atoms with E-state index in [0.717, 1.165) is 58.9 Å². The minimum atomic E-state index is -0.806. The van der Waals surface area contributed by atoms with Gasteiger partial charge in [-0.1, -0.05) is 49.6 Å². The summed E-state index contributed by atoms with van der Waals surface area (Å²) in [5.41, 5.74) is 7.03. The van der Waals surface area contributed by atoms with Crippen LogP contribution in [0, 0.1) is 36.5 Å². The molecule has 0 spiro atoms. The van der Waals surface area contributed by atoms with E-state index in [1.54, 1.807) is 0 Å². The first kappa shape index (κ1) is 43.5. The van der Waals surface area contributed by atoms with Gasteiger partial charge in [-0.05, 0) is 97.5 Å². The highest BCUT2D eigenvalue weighted by molar-refractivity contribution is 5.98. The maximum absolute atomic E-state index is 12.4. The summed E-state index contributed by atoms with van der Waals surface area (Å²) in [7, 11) is 0. The Kier molecular flexibility index (Phi) is 17.3. The number of hydrogen-bond acceptors (Lipinski definition) is 12. The van der Waals surface area contributed by atoms with Crippen LogP contribution in [0.4, 0.5) is 11.4 Å². The van der Waals surface area contributed by atoms with Crippen molar-refractivity contribution in [3.05, 3.63) is 131 Å². The Hall–Kier alpha value is -6.92. The number of aryl methyl sites for hydroxylation is 2. The van der Waals surface area contributed by atoms with Crippen molar-refractivity contribution in [1.29, 1.82) is 10.5 Å².